The van der Waals surface area contributed by atoms with Crippen molar-refractivity contribution in [2.75, 3.05) is 13.1 Å². The summed E-state index contributed by atoms with van der Waals surface area (Å²) in [5.41, 5.74) is 7.77. The third kappa shape index (κ3) is 7.44. The number of amides is 3. The van der Waals surface area contributed by atoms with E-state index in [-0.39, 0.29) is 12.3 Å². The molecule has 4 aromatic rings. The van der Waals surface area contributed by atoms with Crippen molar-refractivity contribution < 1.29 is 19.1 Å². The molecule has 1 saturated carbocycles. The van der Waals surface area contributed by atoms with E-state index in [1.165, 1.54) is 34.4 Å². The van der Waals surface area contributed by atoms with Crippen molar-refractivity contribution in [1.82, 2.24) is 30.1 Å². The second-order valence-corrected chi connectivity index (χ2v) is 13.2. The van der Waals surface area contributed by atoms with Crippen molar-refractivity contribution in [1.29, 1.82) is 0 Å². The van der Waals surface area contributed by atoms with E-state index in [0.29, 0.717) is 36.6 Å². The Hall–Kier alpha value is -4.96. The number of likely N-dealkylation sites (tertiary alicyclic amines) is 1. The van der Waals surface area contributed by atoms with Crippen LogP contribution in [-0.2, 0) is 27.5 Å². The summed E-state index contributed by atoms with van der Waals surface area (Å²) < 4.78 is 5.80. The number of benzene rings is 2. The lowest BCUT2D eigenvalue weighted by molar-refractivity contribution is -0.141. The van der Waals surface area contributed by atoms with Gasteiger partial charge in [0.2, 0.25) is 18.2 Å². The molecule has 3 amide bonds. The van der Waals surface area contributed by atoms with Crippen molar-refractivity contribution in [2.45, 2.75) is 76.4 Å². The minimum atomic E-state index is -0.618. The number of imide groups is 1. The van der Waals surface area contributed by atoms with Gasteiger partial charge in [0.05, 0.1) is 11.9 Å². The fourth-order valence-electron chi connectivity index (χ4n) is 6.72. The van der Waals surface area contributed by atoms with Gasteiger partial charge in [0.15, 0.2) is 0 Å². The summed E-state index contributed by atoms with van der Waals surface area (Å²) in [5, 5.41) is 2.36. The zero-order valence-electron chi connectivity index (χ0n) is 27.2. The van der Waals surface area contributed by atoms with Gasteiger partial charge in [-0.15, -0.1) is 0 Å². The highest BCUT2D eigenvalue weighted by Gasteiger charge is 2.31. The SMILES string of the molecule is Cc1ccc(C2CCN(Cc3ccc(-c4ccc(Oc5ncc(C6CC6)cn5)cn4)cc3)CC2)cc1CN(C=O)C1CCC(=O)NC1=O. The van der Waals surface area contributed by atoms with Gasteiger partial charge in [-0.2, -0.15) is 0 Å². The maximum absolute atomic E-state index is 12.4. The Balaban J connectivity index is 0.906. The van der Waals surface area contributed by atoms with Gasteiger partial charge in [-0.25, -0.2) is 9.97 Å². The molecule has 3 aliphatic rings. The van der Waals surface area contributed by atoms with Crippen LogP contribution in [0.1, 0.15) is 78.2 Å². The average Bonchev–Trinajstić information content (AvgIpc) is 3.96. The van der Waals surface area contributed by atoms with E-state index < -0.39 is 11.9 Å². The van der Waals surface area contributed by atoms with E-state index in [4.69, 9.17) is 4.74 Å². The van der Waals surface area contributed by atoms with Crippen LogP contribution in [0.25, 0.3) is 11.3 Å². The van der Waals surface area contributed by atoms with Crippen molar-refractivity contribution in [2.24, 2.45) is 0 Å². The number of aromatic nitrogens is 3. The molecular formula is C38H40N6O4. The van der Waals surface area contributed by atoms with Crippen LogP contribution in [0.5, 0.6) is 11.8 Å². The lowest BCUT2D eigenvalue weighted by Gasteiger charge is -2.33. The first-order valence-corrected chi connectivity index (χ1v) is 16.8. The first-order chi connectivity index (χ1) is 23.4. The highest BCUT2D eigenvalue weighted by Crippen LogP contribution is 2.39. The van der Waals surface area contributed by atoms with Gasteiger partial charge in [-0.1, -0.05) is 42.5 Å². The number of ether oxygens (including phenoxy) is 1. The second-order valence-electron chi connectivity index (χ2n) is 13.2. The predicted octanol–water partition coefficient (Wildman–Crippen LogP) is 5.66. The molecule has 10 nitrogen and oxygen atoms in total. The molecule has 10 heteroatoms. The van der Waals surface area contributed by atoms with Gasteiger partial charge in [0.25, 0.3) is 0 Å². The maximum Gasteiger partial charge on any atom is 0.321 e. The normalized spacial score (nSPS) is 18.7. The van der Waals surface area contributed by atoms with E-state index in [1.54, 1.807) is 6.20 Å². The maximum atomic E-state index is 12.4. The second kappa shape index (κ2) is 14.0. The molecule has 0 radical (unpaired) electrons. The van der Waals surface area contributed by atoms with Crippen LogP contribution < -0.4 is 10.1 Å². The van der Waals surface area contributed by atoms with E-state index >= 15 is 0 Å². The van der Waals surface area contributed by atoms with Gasteiger partial charge in [-0.3, -0.25) is 29.6 Å². The van der Waals surface area contributed by atoms with Gasteiger partial charge in [-0.05, 0) is 104 Å². The third-order valence-electron chi connectivity index (χ3n) is 9.83. The largest absolute Gasteiger partial charge is 0.423 e. The van der Waals surface area contributed by atoms with E-state index in [1.807, 2.05) is 31.5 Å². The minimum Gasteiger partial charge on any atom is -0.423 e. The summed E-state index contributed by atoms with van der Waals surface area (Å²) in [6.07, 6.45) is 11.3. The summed E-state index contributed by atoms with van der Waals surface area (Å²) in [6.45, 7) is 5.28. The molecule has 3 fully saturated rings. The van der Waals surface area contributed by atoms with Crippen LogP contribution >= 0.6 is 0 Å². The minimum absolute atomic E-state index is 0.246. The first-order valence-electron chi connectivity index (χ1n) is 16.8. The Morgan fingerprint density at radius 2 is 1.62 bits per heavy atom. The molecule has 1 atom stereocenters. The lowest BCUT2D eigenvalue weighted by Crippen LogP contribution is -2.51. The number of rotatable bonds is 11. The summed E-state index contributed by atoms with van der Waals surface area (Å²) in [5.74, 6) is 0.981. The first kappa shape index (κ1) is 31.6. The topological polar surface area (TPSA) is 118 Å². The summed E-state index contributed by atoms with van der Waals surface area (Å²) in [6, 6.07) is 18.7. The highest BCUT2D eigenvalue weighted by molar-refractivity contribution is 6.00. The molecule has 2 aromatic carbocycles. The Kier molecular flexibility index (Phi) is 9.25. The van der Waals surface area contributed by atoms with E-state index in [0.717, 1.165) is 61.3 Å². The van der Waals surface area contributed by atoms with Gasteiger partial charge in [0, 0.05) is 37.5 Å². The Morgan fingerprint density at radius 1 is 0.875 bits per heavy atom. The fraction of sp³-hybridized carbons (Fsp3) is 0.368. The molecule has 1 N–H and O–H groups in total. The van der Waals surface area contributed by atoms with Crippen LogP contribution in [0, 0.1) is 6.92 Å². The van der Waals surface area contributed by atoms with Gasteiger partial charge >= 0.3 is 6.01 Å². The van der Waals surface area contributed by atoms with Gasteiger partial charge in [0.1, 0.15) is 11.8 Å². The molecule has 7 rings (SSSR count). The molecular weight excluding hydrogens is 604 g/mol. The summed E-state index contributed by atoms with van der Waals surface area (Å²) in [4.78, 5) is 53.2. The molecule has 0 spiro atoms. The fourth-order valence-corrected chi connectivity index (χ4v) is 6.72. The zero-order chi connectivity index (χ0) is 33.0. The zero-order valence-corrected chi connectivity index (χ0v) is 27.2. The van der Waals surface area contributed by atoms with Crippen molar-refractivity contribution >= 4 is 18.2 Å². The highest BCUT2D eigenvalue weighted by atomic mass is 16.5. The van der Waals surface area contributed by atoms with Crippen molar-refractivity contribution in [3.8, 4) is 23.0 Å². The number of hydrogen-bond donors (Lipinski definition) is 1. The Bertz CT molecular complexity index is 1760. The summed E-state index contributed by atoms with van der Waals surface area (Å²) in [7, 11) is 0. The number of hydrogen-bond acceptors (Lipinski definition) is 8. The van der Waals surface area contributed by atoms with Crippen LogP contribution in [0.15, 0.2) is 73.2 Å². The van der Waals surface area contributed by atoms with Gasteiger partial charge < -0.3 is 9.64 Å². The number of nitrogens with one attached hydrogen (secondary N) is 1. The number of carbonyl (C=O) groups excluding carboxylic acids is 3. The molecule has 4 heterocycles. The molecule has 1 aliphatic carbocycles. The van der Waals surface area contributed by atoms with Crippen LogP contribution in [-0.4, -0.2) is 62.1 Å². The van der Waals surface area contributed by atoms with Crippen molar-refractivity contribution in [3.63, 3.8) is 0 Å². The predicted molar refractivity (Wildman–Crippen MR) is 180 cm³/mol. The molecule has 2 aliphatic heterocycles. The number of piperidine rings is 2. The van der Waals surface area contributed by atoms with Crippen LogP contribution in [0.2, 0.25) is 0 Å². The molecule has 48 heavy (non-hydrogen) atoms. The Morgan fingerprint density at radius 3 is 2.29 bits per heavy atom. The number of aryl methyl sites for hydroxylation is 1. The van der Waals surface area contributed by atoms with E-state index in [2.05, 4.69) is 67.6 Å². The van der Waals surface area contributed by atoms with Crippen molar-refractivity contribution in [3.05, 3.63) is 101 Å². The lowest BCUT2D eigenvalue weighted by atomic mass is 9.87. The number of pyridine rings is 1. The Labute approximate surface area is 280 Å². The molecule has 2 saturated heterocycles. The van der Waals surface area contributed by atoms with E-state index in [9.17, 15) is 14.4 Å². The van der Waals surface area contributed by atoms with Crippen LogP contribution in [0.3, 0.4) is 0 Å². The quantitative estimate of drug-likeness (QED) is 0.164. The molecule has 2 aromatic heterocycles. The standard InChI is InChI=1S/C38H40N6O4/c1-25-2-5-30(18-31(25)23-44(24-45)35-12-13-36(46)42-37(35)47)28-14-16-43(17-15-28)22-26-3-6-29(7-4-26)34-11-10-33(21-39-34)48-38-40-19-32(20-41-38)27-8-9-27/h2-7,10-11,18-21,24,27-28,35H,8-9,12-17,22-23H2,1H3,(H,42,46,47). The smallest absolute Gasteiger partial charge is 0.321 e. The molecule has 1 unspecified atom stereocenters. The monoisotopic (exact) mass is 644 g/mol. The molecule has 0 bridgehead atoms. The summed E-state index contributed by atoms with van der Waals surface area (Å²) >= 11 is 0. The average molecular weight is 645 g/mol. The van der Waals surface area contributed by atoms with Crippen LogP contribution in [0.4, 0.5) is 0 Å². The molecule has 246 valence electrons. The third-order valence-corrected chi connectivity index (χ3v) is 9.83. The number of carbonyl (C=O) groups is 3. The number of nitrogens with zero attached hydrogens (tertiary/aromatic N) is 5.